The Kier molecular flexibility index (Phi) is 56.5. The fourth-order valence-electron chi connectivity index (χ4n) is 9.55. The topological polar surface area (TPSA) is 95.9 Å². The highest BCUT2D eigenvalue weighted by atomic mass is 16.5. The predicted octanol–water partition coefficient (Wildman–Crippen LogP) is 19.0. The molecule has 0 aliphatic rings. The fourth-order valence-corrected chi connectivity index (χ4v) is 9.55. The smallest absolute Gasteiger partial charge is 0.305 e. The third-order valence-electron chi connectivity index (χ3n) is 14.3. The molecule has 1 amide bonds. The van der Waals surface area contributed by atoms with E-state index in [0.29, 0.717) is 25.9 Å². The zero-order chi connectivity index (χ0) is 49.3. The molecule has 68 heavy (non-hydrogen) atoms. The zero-order valence-electron chi connectivity index (χ0n) is 45.9. The van der Waals surface area contributed by atoms with Crippen molar-refractivity contribution in [3.63, 3.8) is 0 Å². The van der Waals surface area contributed by atoms with Gasteiger partial charge in [-0.2, -0.15) is 0 Å². The molecule has 6 heteroatoms. The molecule has 0 saturated heterocycles. The van der Waals surface area contributed by atoms with Crippen molar-refractivity contribution < 1.29 is 24.5 Å². The molecule has 0 aromatic heterocycles. The van der Waals surface area contributed by atoms with Crippen molar-refractivity contribution in [2.75, 3.05) is 13.2 Å². The number of unbranched alkanes of at least 4 members (excludes halogenated alkanes) is 42. The number of carbonyl (C=O) groups is 2. The van der Waals surface area contributed by atoms with Crippen molar-refractivity contribution in [3.8, 4) is 0 Å². The van der Waals surface area contributed by atoms with Crippen LogP contribution in [-0.2, 0) is 14.3 Å². The van der Waals surface area contributed by atoms with E-state index in [2.05, 4.69) is 43.5 Å². The van der Waals surface area contributed by atoms with Crippen LogP contribution < -0.4 is 5.32 Å². The monoisotopic (exact) mass is 958 g/mol. The van der Waals surface area contributed by atoms with Gasteiger partial charge < -0.3 is 20.3 Å². The molecule has 3 N–H and O–H groups in total. The Morgan fingerprint density at radius 3 is 1.12 bits per heavy atom. The van der Waals surface area contributed by atoms with E-state index in [-0.39, 0.29) is 18.5 Å². The highest BCUT2D eigenvalue weighted by molar-refractivity contribution is 5.76. The van der Waals surface area contributed by atoms with Crippen molar-refractivity contribution in [1.82, 2.24) is 5.32 Å². The maximum atomic E-state index is 12.5. The molecule has 0 rings (SSSR count). The van der Waals surface area contributed by atoms with E-state index in [9.17, 15) is 19.8 Å². The second kappa shape index (κ2) is 57.9. The lowest BCUT2D eigenvalue weighted by molar-refractivity contribution is -0.143. The van der Waals surface area contributed by atoms with Gasteiger partial charge in [0.1, 0.15) is 0 Å². The van der Waals surface area contributed by atoms with Crippen LogP contribution in [0.3, 0.4) is 0 Å². The van der Waals surface area contributed by atoms with Gasteiger partial charge in [-0.05, 0) is 57.8 Å². The van der Waals surface area contributed by atoms with E-state index in [1.807, 2.05) is 0 Å². The number of esters is 1. The fraction of sp³-hybridized carbons (Fsp3) is 0.903. The van der Waals surface area contributed by atoms with E-state index in [4.69, 9.17) is 4.74 Å². The molecule has 0 saturated carbocycles. The van der Waals surface area contributed by atoms with Crippen LogP contribution in [0.5, 0.6) is 0 Å². The van der Waals surface area contributed by atoms with E-state index in [1.165, 1.54) is 257 Å². The average Bonchev–Trinajstić information content (AvgIpc) is 3.34. The first-order valence-corrected chi connectivity index (χ1v) is 30.6. The van der Waals surface area contributed by atoms with E-state index in [0.717, 1.165) is 44.9 Å². The third-order valence-corrected chi connectivity index (χ3v) is 14.3. The second-order valence-corrected chi connectivity index (χ2v) is 21.0. The summed E-state index contributed by atoms with van der Waals surface area (Å²) in [5, 5.41) is 23.2. The molecule has 0 aromatic carbocycles. The average molecular weight is 959 g/mol. The molecule has 402 valence electrons. The summed E-state index contributed by atoms with van der Waals surface area (Å²) in [6.07, 6.45) is 70.5. The van der Waals surface area contributed by atoms with E-state index >= 15 is 0 Å². The van der Waals surface area contributed by atoms with E-state index < -0.39 is 12.1 Å². The van der Waals surface area contributed by atoms with Crippen LogP contribution >= 0.6 is 0 Å². The second-order valence-electron chi connectivity index (χ2n) is 21.0. The number of hydrogen-bond donors (Lipinski definition) is 3. The van der Waals surface area contributed by atoms with Gasteiger partial charge in [-0.25, -0.2) is 0 Å². The first kappa shape index (κ1) is 66.3. The molecule has 2 atom stereocenters. The molecule has 0 bridgehead atoms. The summed E-state index contributed by atoms with van der Waals surface area (Å²) < 4.78 is 5.47. The highest BCUT2D eigenvalue weighted by Gasteiger charge is 2.20. The molecule has 6 nitrogen and oxygen atoms in total. The summed E-state index contributed by atoms with van der Waals surface area (Å²) >= 11 is 0. The highest BCUT2D eigenvalue weighted by Crippen LogP contribution is 2.17. The van der Waals surface area contributed by atoms with Gasteiger partial charge in [0.25, 0.3) is 0 Å². The van der Waals surface area contributed by atoms with Crippen molar-refractivity contribution in [2.24, 2.45) is 0 Å². The van der Waals surface area contributed by atoms with Gasteiger partial charge in [-0.3, -0.25) is 9.59 Å². The minimum atomic E-state index is -0.665. The van der Waals surface area contributed by atoms with E-state index in [1.54, 1.807) is 0 Å². The summed E-state index contributed by atoms with van der Waals surface area (Å²) in [5.74, 6) is -0.0261. The standard InChI is InChI=1S/C62H119NO5/c1-3-5-7-9-11-13-15-34-38-42-46-50-54-60(65)59(58-64)63-61(66)55-51-47-43-39-35-32-30-28-26-24-22-20-18-17-19-21-23-25-27-29-31-33-37-41-45-49-53-57-68-62(67)56-52-48-44-40-36-16-14-12-10-8-6-4-2/h17-18,21,23,59-60,64-65H,3-16,19-20,22,24-58H2,1-2H3,(H,63,66)/b18-17-,23-21-. The maximum absolute atomic E-state index is 12.5. The lowest BCUT2D eigenvalue weighted by Gasteiger charge is -2.22. The van der Waals surface area contributed by atoms with Gasteiger partial charge >= 0.3 is 5.97 Å². The number of ether oxygens (including phenoxy) is 1. The number of aliphatic hydroxyl groups is 2. The number of amides is 1. The quantitative estimate of drug-likeness (QED) is 0.0321. The van der Waals surface area contributed by atoms with Gasteiger partial charge in [0, 0.05) is 12.8 Å². The normalized spacial score (nSPS) is 12.7. The van der Waals surface area contributed by atoms with Crippen molar-refractivity contribution in [1.29, 1.82) is 0 Å². The Morgan fingerprint density at radius 1 is 0.412 bits per heavy atom. The lowest BCUT2D eigenvalue weighted by atomic mass is 10.0. The SMILES string of the molecule is CCCCCCCCCCCCCCC(=O)OCCCCCCCCCCC/C=C\C/C=C\CCCCCCCCCCCCCC(=O)NC(CO)C(O)CCCCCCCCCCCCCC. The van der Waals surface area contributed by atoms with Gasteiger partial charge in [-0.1, -0.05) is 289 Å². The molecule has 0 aliphatic carbocycles. The number of allylic oxidation sites excluding steroid dienone is 4. The first-order valence-electron chi connectivity index (χ1n) is 30.6. The summed E-state index contributed by atoms with van der Waals surface area (Å²) in [5.41, 5.74) is 0. The molecule has 0 aliphatic heterocycles. The summed E-state index contributed by atoms with van der Waals surface area (Å²) in [6, 6.07) is -0.542. The zero-order valence-corrected chi connectivity index (χ0v) is 45.9. The lowest BCUT2D eigenvalue weighted by Crippen LogP contribution is -2.45. The third kappa shape index (κ3) is 53.7. The Hall–Kier alpha value is -1.66. The largest absolute Gasteiger partial charge is 0.466 e. The molecule has 0 radical (unpaired) electrons. The van der Waals surface area contributed by atoms with Crippen LogP contribution in [0.15, 0.2) is 24.3 Å². The minimum Gasteiger partial charge on any atom is -0.466 e. The Labute approximate surface area is 424 Å². The van der Waals surface area contributed by atoms with Crippen molar-refractivity contribution in [3.05, 3.63) is 24.3 Å². The number of aliphatic hydroxyl groups excluding tert-OH is 2. The van der Waals surface area contributed by atoms with Gasteiger partial charge in [0.2, 0.25) is 5.91 Å². The van der Waals surface area contributed by atoms with Crippen molar-refractivity contribution >= 4 is 11.9 Å². The van der Waals surface area contributed by atoms with Crippen LogP contribution in [0.2, 0.25) is 0 Å². The molecule has 2 unspecified atom stereocenters. The molecular formula is C62H119NO5. The summed E-state index contributed by atoms with van der Waals surface area (Å²) in [7, 11) is 0. The summed E-state index contributed by atoms with van der Waals surface area (Å²) in [4.78, 5) is 24.5. The Bertz CT molecular complexity index is 1060. The number of rotatable bonds is 57. The Balaban J connectivity index is 3.40. The number of carbonyl (C=O) groups excluding carboxylic acids is 2. The van der Waals surface area contributed by atoms with Gasteiger partial charge in [0.05, 0.1) is 25.4 Å². The molecular weight excluding hydrogens is 839 g/mol. The maximum Gasteiger partial charge on any atom is 0.305 e. The van der Waals surface area contributed by atoms with Crippen LogP contribution in [0, 0.1) is 0 Å². The molecule has 0 aromatic rings. The molecule has 0 fully saturated rings. The summed E-state index contributed by atoms with van der Waals surface area (Å²) in [6.45, 7) is 4.96. The minimum absolute atomic E-state index is 0.0115. The van der Waals surface area contributed by atoms with Crippen molar-refractivity contribution in [2.45, 2.75) is 347 Å². The van der Waals surface area contributed by atoms with Gasteiger partial charge in [-0.15, -0.1) is 0 Å². The van der Waals surface area contributed by atoms with Gasteiger partial charge in [0.15, 0.2) is 0 Å². The first-order chi connectivity index (χ1) is 33.5. The van der Waals surface area contributed by atoms with Crippen LogP contribution in [0.4, 0.5) is 0 Å². The molecule has 0 spiro atoms. The van der Waals surface area contributed by atoms with Crippen LogP contribution in [-0.4, -0.2) is 47.4 Å². The molecule has 0 heterocycles. The predicted molar refractivity (Wildman–Crippen MR) is 296 cm³/mol. The number of hydrogen-bond acceptors (Lipinski definition) is 5. The number of nitrogens with one attached hydrogen (secondary N) is 1. The van der Waals surface area contributed by atoms with Crippen LogP contribution in [0.1, 0.15) is 335 Å². The Morgan fingerprint density at radius 2 is 0.735 bits per heavy atom. The van der Waals surface area contributed by atoms with Crippen LogP contribution in [0.25, 0.3) is 0 Å².